The van der Waals surface area contributed by atoms with Crippen molar-refractivity contribution in [3.63, 3.8) is 0 Å². The van der Waals surface area contributed by atoms with Gasteiger partial charge in [0.25, 0.3) is 5.91 Å². The number of hydrogen-bond donors (Lipinski definition) is 1. The molecule has 0 atom stereocenters. The minimum atomic E-state index is -0.102. The quantitative estimate of drug-likeness (QED) is 0.542. The van der Waals surface area contributed by atoms with E-state index in [0.29, 0.717) is 36.0 Å². The van der Waals surface area contributed by atoms with Gasteiger partial charge in [0.2, 0.25) is 0 Å². The number of unbranched alkanes of at least 4 members (excludes halogenated alkanes) is 4. The zero-order valence-corrected chi connectivity index (χ0v) is 17.3. The SMILES string of the molecule is CCCCCCCOc1ccc(-c2nccc(-c3cc4n(n3)CCNC4=O)n2)cc1. The van der Waals surface area contributed by atoms with Crippen LogP contribution in [0.5, 0.6) is 5.75 Å². The zero-order chi connectivity index (χ0) is 20.8. The lowest BCUT2D eigenvalue weighted by molar-refractivity contribution is 0.0924. The molecule has 30 heavy (non-hydrogen) atoms. The predicted octanol–water partition coefficient (Wildman–Crippen LogP) is 4.10. The molecule has 7 nitrogen and oxygen atoms in total. The number of benzene rings is 1. The van der Waals surface area contributed by atoms with Gasteiger partial charge in [-0.2, -0.15) is 5.10 Å². The highest BCUT2D eigenvalue weighted by atomic mass is 16.5. The monoisotopic (exact) mass is 405 g/mol. The van der Waals surface area contributed by atoms with Gasteiger partial charge in [0.1, 0.15) is 17.1 Å². The number of carbonyl (C=O) groups is 1. The first-order valence-corrected chi connectivity index (χ1v) is 10.7. The predicted molar refractivity (Wildman–Crippen MR) is 115 cm³/mol. The summed E-state index contributed by atoms with van der Waals surface area (Å²) in [6.07, 6.45) is 7.84. The van der Waals surface area contributed by atoms with Gasteiger partial charge in [0.05, 0.1) is 18.8 Å². The number of aromatic nitrogens is 4. The Bertz CT molecular complexity index is 997. The number of ether oxygens (including phenoxy) is 1. The minimum absolute atomic E-state index is 0.102. The Balaban J connectivity index is 1.42. The van der Waals surface area contributed by atoms with Gasteiger partial charge >= 0.3 is 0 Å². The van der Waals surface area contributed by atoms with Crippen LogP contribution < -0.4 is 10.1 Å². The molecule has 7 heteroatoms. The molecule has 3 heterocycles. The third-order valence-corrected chi connectivity index (χ3v) is 5.17. The molecule has 1 aliphatic rings. The summed E-state index contributed by atoms with van der Waals surface area (Å²) < 4.78 is 7.56. The highest BCUT2D eigenvalue weighted by Crippen LogP contribution is 2.23. The fourth-order valence-electron chi connectivity index (χ4n) is 3.50. The van der Waals surface area contributed by atoms with E-state index in [9.17, 15) is 4.79 Å². The maximum Gasteiger partial charge on any atom is 0.269 e. The van der Waals surface area contributed by atoms with Gasteiger partial charge in [0, 0.05) is 18.3 Å². The minimum Gasteiger partial charge on any atom is -0.494 e. The molecule has 0 aliphatic carbocycles. The number of hydrogen-bond acceptors (Lipinski definition) is 5. The first kappa shape index (κ1) is 20.1. The average Bonchev–Trinajstić information content (AvgIpc) is 3.23. The summed E-state index contributed by atoms with van der Waals surface area (Å²) in [7, 11) is 0. The molecule has 1 amide bonds. The molecule has 0 spiro atoms. The Morgan fingerprint density at radius 3 is 2.70 bits per heavy atom. The number of carbonyl (C=O) groups excluding carboxylic acids is 1. The summed E-state index contributed by atoms with van der Waals surface area (Å²) in [6.45, 7) is 4.22. The Kier molecular flexibility index (Phi) is 6.37. The molecular formula is C23H27N5O2. The number of fused-ring (bicyclic) bond motifs is 1. The molecule has 156 valence electrons. The van der Waals surface area contributed by atoms with Gasteiger partial charge in [-0.15, -0.1) is 0 Å². The summed E-state index contributed by atoms with van der Waals surface area (Å²) in [5.41, 5.74) is 2.84. The lowest BCUT2D eigenvalue weighted by atomic mass is 10.1. The van der Waals surface area contributed by atoms with Crippen LogP contribution >= 0.6 is 0 Å². The van der Waals surface area contributed by atoms with Crippen molar-refractivity contribution in [2.45, 2.75) is 45.6 Å². The molecule has 0 saturated carbocycles. The topological polar surface area (TPSA) is 81.9 Å². The summed E-state index contributed by atoms with van der Waals surface area (Å²) in [4.78, 5) is 21.0. The van der Waals surface area contributed by atoms with Crippen LogP contribution in [0.15, 0.2) is 42.6 Å². The van der Waals surface area contributed by atoms with Gasteiger partial charge in [-0.3, -0.25) is 9.48 Å². The Morgan fingerprint density at radius 1 is 1.07 bits per heavy atom. The van der Waals surface area contributed by atoms with Gasteiger partial charge in [0.15, 0.2) is 5.82 Å². The van der Waals surface area contributed by atoms with E-state index in [1.54, 1.807) is 16.9 Å². The van der Waals surface area contributed by atoms with E-state index in [1.807, 2.05) is 30.3 Å². The molecule has 0 fully saturated rings. The van der Waals surface area contributed by atoms with Crippen molar-refractivity contribution in [3.05, 3.63) is 48.3 Å². The van der Waals surface area contributed by atoms with E-state index in [0.717, 1.165) is 24.3 Å². The van der Waals surface area contributed by atoms with Crippen molar-refractivity contribution in [1.82, 2.24) is 25.1 Å². The van der Waals surface area contributed by atoms with E-state index in [2.05, 4.69) is 27.3 Å². The van der Waals surface area contributed by atoms with Crippen LogP contribution in [0.25, 0.3) is 22.8 Å². The van der Waals surface area contributed by atoms with Crippen molar-refractivity contribution in [2.75, 3.05) is 13.2 Å². The second-order valence-electron chi connectivity index (χ2n) is 7.45. The molecule has 1 N–H and O–H groups in total. The highest BCUT2D eigenvalue weighted by Gasteiger charge is 2.20. The number of nitrogens with one attached hydrogen (secondary N) is 1. The molecule has 1 aliphatic heterocycles. The molecule has 2 aromatic heterocycles. The Labute approximate surface area is 176 Å². The third kappa shape index (κ3) is 4.67. The van der Waals surface area contributed by atoms with Crippen LogP contribution in [0.3, 0.4) is 0 Å². The van der Waals surface area contributed by atoms with E-state index in [-0.39, 0.29) is 5.91 Å². The van der Waals surface area contributed by atoms with Crippen LogP contribution in [0.1, 0.15) is 49.5 Å². The van der Waals surface area contributed by atoms with Crippen molar-refractivity contribution in [3.8, 4) is 28.5 Å². The maximum atomic E-state index is 12.0. The van der Waals surface area contributed by atoms with Crippen molar-refractivity contribution >= 4 is 5.91 Å². The summed E-state index contributed by atoms with van der Waals surface area (Å²) >= 11 is 0. The van der Waals surface area contributed by atoms with Crippen LogP contribution in [0, 0.1) is 0 Å². The molecular weight excluding hydrogens is 378 g/mol. The van der Waals surface area contributed by atoms with E-state index < -0.39 is 0 Å². The lowest BCUT2D eigenvalue weighted by Gasteiger charge is -2.13. The Morgan fingerprint density at radius 2 is 1.90 bits per heavy atom. The first-order chi connectivity index (χ1) is 14.7. The lowest BCUT2D eigenvalue weighted by Crippen LogP contribution is -2.35. The fourth-order valence-corrected chi connectivity index (χ4v) is 3.50. The third-order valence-electron chi connectivity index (χ3n) is 5.17. The number of rotatable bonds is 9. The van der Waals surface area contributed by atoms with E-state index >= 15 is 0 Å². The smallest absolute Gasteiger partial charge is 0.269 e. The standard InChI is InChI=1S/C23H27N5O2/c1-2-3-4-5-6-15-30-18-9-7-17(8-10-18)22-24-12-11-19(26-22)20-16-21-23(29)25-13-14-28(21)27-20/h7-12,16H,2-6,13-15H2,1H3,(H,25,29). The second kappa shape index (κ2) is 9.52. The molecule has 0 radical (unpaired) electrons. The normalized spacial score (nSPS) is 13.0. The Hall–Kier alpha value is -3.22. The van der Waals surface area contributed by atoms with Gasteiger partial charge in [-0.1, -0.05) is 32.6 Å². The summed E-state index contributed by atoms with van der Waals surface area (Å²) in [6, 6.07) is 11.4. The highest BCUT2D eigenvalue weighted by molar-refractivity contribution is 5.94. The molecule has 0 unspecified atom stereocenters. The number of nitrogens with zero attached hydrogens (tertiary/aromatic N) is 4. The molecule has 0 saturated heterocycles. The van der Waals surface area contributed by atoms with Crippen LogP contribution in [-0.2, 0) is 6.54 Å². The van der Waals surface area contributed by atoms with Crippen LogP contribution in [0.2, 0.25) is 0 Å². The number of amides is 1. The molecule has 1 aromatic carbocycles. The van der Waals surface area contributed by atoms with Crippen LogP contribution in [-0.4, -0.2) is 38.8 Å². The van der Waals surface area contributed by atoms with E-state index in [1.165, 1.54) is 25.7 Å². The van der Waals surface area contributed by atoms with Crippen molar-refractivity contribution < 1.29 is 9.53 Å². The van der Waals surface area contributed by atoms with Gasteiger partial charge in [-0.05, 0) is 42.8 Å². The van der Waals surface area contributed by atoms with Crippen molar-refractivity contribution in [2.24, 2.45) is 0 Å². The summed E-state index contributed by atoms with van der Waals surface area (Å²) in [5.74, 6) is 1.38. The van der Waals surface area contributed by atoms with E-state index in [4.69, 9.17) is 4.74 Å². The largest absolute Gasteiger partial charge is 0.494 e. The van der Waals surface area contributed by atoms with Crippen LogP contribution in [0.4, 0.5) is 0 Å². The average molecular weight is 406 g/mol. The fraction of sp³-hybridized carbons (Fsp3) is 0.391. The zero-order valence-electron chi connectivity index (χ0n) is 17.3. The molecule has 0 bridgehead atoms. The van der Waals surface area contributed by atoms with Gasteiger partial charge < -0.3 is 10.1 Å². The molecule has 4 rings (SSSR count). The summed E-state index contributed by atoms with van der Waals surface area (Å²) in [5, 5.41) is 7.35. The van der Waals surface area contributed by atoms with Crippen molar-refractivity contribution in [1.29, 1.82) is 0 Å². The molecule has 3 aromatic rings. The maximum absolute atomic E-state index is 12.0. The first-order valence-electron chi connectivity index (χ1n) is 10.7. The van der Waals surface area contributed by atoms with Gasteiger partial charge in [-0.25, -0.2) is 9.97 Å². The second-order valence-corrected chi connectivity index (χ2v) is 7.45.